The minimum Gasteiger partial charge on any atom is -0.300 e. The molecule has 1 aromatic carbocycles. The Labute approximate surface area is 133 Å². The van der Waals surface area contributed by atoms with Gasteiger partial charge in [-0.3, -0.25) is 9.59 Å². The van der Waals surface area contributed by atoms with Gasteiger partial charge in [0.25, 0.3) is 0 Å². The van der Waals surface area contributed by atoms with Crippen LogP contribution in [0.2, 0.25) is 0 Å². The van der Waals surface area contributed by atoms with Crippen LogP contribution < -0.4 is 0 Å². The van der Waals surface area contributed by atoms with E-state index in [9.17, 15) is 14.4 Å². The molecule has 1 atom stereocenters. The molecule has 120 valence electrons. The maximum atomic E-state index is 12.6. The van der Waals surface area contributed by atoms with Crippen LogP contribution in [0.25, 0.3) is 0 Å². The lowest BCUT2D eigenvalue weighted by Gasteiger charge is -2.16. The zero-order chi connectivity index (χ0) is 16.9. The van der Waals surface area contributed by atoms with Crippen LogP contribution in [0.5, 0.6) is 0 Å². The Balaban J connectivity index is 2.95. The SMILES string of the molecule is CC(=O)CCC(CC(=O)c1ccc(C)cc1C(C)C)C(C)=O. The average Bonchev–Trinajstić information content (AvgIpc) is 2.42. The highest BCUT2D eigenvalue weighted by molar-refractivity contribution is 6.00. The molecule has 0 fully saturated rings. The fraction of sp³-hybridized carbons (Fsp3) is 0.526. The predicted molar refractivity (Wildman–Crippen MR) is 88.3 cm³/mol. The standard InChI is InChI=1S/C19H26O3/c1-12(2)18-10-13(3)6-9-17(18)19(22)11-16(15(5)21)8-7-14(4)20/h6,9-10,12,16H,7-8,11H2,1-5H3. The van der Waals surface area contributed by atoms with E-state index in [0.717, 1.165) is 11.1 Å². The zero-order valence-electron chi connectivity index (χ0n) is 14.2. The smallest absolute Gasteiger partial charge is 0.163 e. The number of ketones is 3. The molecular formula is C19H26O3. The van der Waals surface area contributed by atoms with Crippen molar-refractivity contribution in [2.24, 2.45) is 5.92 Å². The lowest BCUT2D eigenvalue weighted by Crippen LogP contribution is -2.18. The van der Waals surface area contributed by atoms with E-state index in [4.69, 9.17) is 0 Å². The maximum Gasteiger partial charge on any atom is 0.163 e. The van der Waals surface area contributed by atoms with Crippen molar-refractivity contribution in [1.82, 2.24) is 0 Å². The number of Topliss-reactive ketones (excluding diaryl/α,β-unsaturated/α-hetero) is 3. The van der Waals surface area contributed by atoms with Crippen molar-refractivity contribution in [2.75, 3.05) is 0 Å². The van der Waals surface area contributed by atoms with Crippen LogP contribution in [0.4, 0.5) is 0 Å². The van der Waals surface area contributed by atoms with E-state index in [-0.39, 0.29) is 35.6 Å². The third-order valence-corrected chi connectivity index (χ3v) is 3.98. The van der Waals surface area contributed by atoms with Gasteiger partial charge in [-0.2, -0.15) is 0 Å². The monoisotopic (exact) mass is 302 g/mol. The molecule has 0 aliphatic rings. The molecule has 0 radical (unpaired) electrons. The Morgan fingerprint density at radius 3 is 2.23 bits per heavy atom. The van der Waals surface area contributed by atoms with Gasteiger partial charge in [-0.05, 0) is 38.7 Å². The van der Waals surface area contributed by atoms with Crippen molar-refractivity contribution >= 4 is 17.3 Å². The molecule has 0 saturated heterocycles. The summed E-state index contributed by atoms with van der Waals surface area (Å²) in [5.74, 6) is -0.0817. The average molecular weight is 302 g/mol. The van der Waals surface area contributed by atoms with E-state index in [1.165, 1.54) is 13.8 Å². The number of benzene rings is 1. The zero-order valence-corrected chi connectivity index (χ0v) is 14.2. The molecule has 1 rings (SSSR count). The van der Waals surface area contributed by atoms with Crippen molar-refractivity contribution in [3.05, 3.63) is 34.9 Å². The van der Waals surface area contributed by atoms with E-state index in [2.05, 4.69) is 13.8 Å². The molecule has 0 amide bonds. The van der Waals surface area contributed by atoms with Crippen LogP contribution in [0.1, 0.15) is 74.4 Å². The number of hydrogen-bond acceptors (Lipinski definition) is 3. The summed E-state index contributed by atoms with van der Waals surface area (Å²) >= 11 is 0. The Bertz CT molecular complexity index is 570. The Morgan fingerprint density at radius 1 is 1.09 bits per heavy atom. The summed E-state index contributed by atoms with van der Waals surface area (Å²) in [5.41, 5.74) is 2.86. The topological polar surface area (TPSA) is 51.2 Å². The first kappa shape index (κ1) is 18.3. The van der Waals surface area contributed by atoms with Crippen molar-refractivity contribution in [3.8, 4) is 0 Å². The second kappa shape index (κ2) is 8.02. The van der Waals surface area contributed by atoms with Crippen molar-refractivity contribution in [2.45, 2.75) is 59.8 Å². The van der Waals surface area contributed by atoms with E-state index >= 15 is 0 Å². The fourth-order valence-electron chi connectivity index (χ4n) is 2.57. The molecule has 0 aromatic heterocycles. The van der Waals surface area contributed by atoms with Gasteiger partial charge in [0.15, 0.2) is 5.78 Å². The third kappa shape index (κ3) is 5.21. The first-order chi connectivity index (χ1) is 10.2. The second-order valence-electron chi connectivity index (χ2n) is 6.42. The Kier molecular flexibility index (Phi) is 6.66. The lowest BCUT2D eigenvalue weighted by atomic mass is 9.86. The highest BCUT2D eigenvalue weighted by Gasteiger charge is 2.22. The van der Waals surface area contributed by atoms with Crippen LogP contribution in [0.15, 0.2) is 18.2 Å². The highest BCUT2D eigenvalue weighted by Crippen LogP contribution is 2.24. The van der Waals surface area contributed by atoms with Crippen molar-refractivity contribution in [3.63, 3.8) is 0 Å². The summed E-state index contributed by atoms with van der Waals surface area (Å²) in [4.78, 5) is 35.4. The summed E-state index contributed by atoms with van der Waals surface area (Å²) in [6.07, 6.45) is 0.993. The Morgan fingerprint density at radius 2 is 1.73 bits per heavy atom. The van der Waals surface area contributed by atoms with Gasteiger partial charge in [-0.25, -0.2) is 0 Å². The van der Waals surface area contributed by atoms with Gasteiger partial charge < -0.3 is 4.79 Å². The molecule has 1 unspecified atom stereocenters. The second-order valence-corrected chi connectivity index (χ2v) is 6.42. The molecule has 0 spiro atoms. The molecule has 0 aliphatic heterocycles. The fourth-order valence-corrected chi connectivity index (χ4v) is 2.57. The summed E-state index contributed by atoms with van der Waals surface area (Å²) in [6.45, 7) is 9.13. The molecule has 22 heavy (non-hydrogen) atoms. The quantitative estimate of drug-likeness (QED) is 0.674. The van der Waals surface area contributed by atoms with Gasteiger partial charge >= 0.3 is 0 Å². The predicted octanol–water partition coefficient (Wildman–Crippen LogP) is 4.27. The minimum atomic E-state index is -0.363. The van der Waals surface area contributed by atoms with Gasteiger partial charge in [0.05, 0.1) is 0 Å². The molecular weight excluding hydrogens is 276 g/mol. The third-order valence-electron chi connectivity index (χ3n) is 3.98. The number of carbonyl (C=O) groups is 3. The van der Waals surface area contributed by atoms with Crippen LogP contribution in [0.3, 0.4) is 0 Å². The number of carbonyl (C=O) groups excluding carboxylic acids is 3. The van der Waals surface area contributed by atoms with Gasteiger partial charge in [0, 0.05) is 24.3 Å². The number of rotatable bonds is 8. The van der Waals surface area contributed by atoms with Crippen LogP contribution >= 0.6 is 0 Å². The van der Waals surface area contributed by atoms with Crippen LogP contribution in [0, 0.1) is 12.8 Å². The van der Waals surface area contributed by atoms with Crippen LogP contribution in [-0.4, -0.2) is 17.3 Å². The molecule has 3 heteroatoms. The Hall–Kier alpha value is -1.77. The van der Waals surface area contributed by atoms with Gasteiger partial charge in [0.1, 0.15) is 11.6 Å². The summed E-state index contributed by atoms with van der Waals surface area (Å²) < 4.78 is 0. The first-order valence-corrected chi connectivity index (χ1v) is 7.86. The lowest BCUT2D eigenvalue weighted by molar-refractivity contribution is -0.121. The minimum absolute atomic E-state index is 0.00699. The molecule has 0 bridgehead atoms. The van der Waals surface area contributed by atoms with E-state index in [0.29, 0.717) is 18.4 Å². The van der Waals surface area contributed by atoms with Gasteiger partial charge in [0.2, 0.25) is 0 Å². The van der Waals surface area contributed by atoms with E-state index < -0.39 is 0 Å². The highest BCUT2D eigenvalue weighted by atomic mass is 16.1. The molecule has 0 saturated carbocycles. The molecule has 1 aromatic rings. The molecule has 0 heterocycles. The van der Waals surface area contributed by atoms with Crippen molar-refractivity contribution < 1.29 is 14.4 Å². The summed E-state index contributed by atoms with van der Waals surface area (Å²) in [5, 5.41) is 0. The van der Waals surface area contributed by atoms with Gasteiger partial charge in [-0.1, -0.05) is 37.6 Å². The first-order valence-electron chi connectivity index (χ1n) is 7.86. The van der Waals surface area contributed by atoms with Crippen molar-refractivity contribution in [1.29, 1.82) is 0 Å². The summed E-state index contributed by atoms with van der Waals surface area (Å²) in [6, 6.07) is 5.82. The number of hydrogen-bond donors (Lipinski definition) is 0. The molecule has 3 nitrogen and oxygen atoms in total. The number of aryl methyl sites for hydroxylation is 1. The maximum absolute atomic E-state index is 12.6. The van der Waals surface area contributed by atoms with E-state index in [1.54, 1.807) is 0 Å². The summed E-state index contributed by atoms with van der Waals surface area (Å²) in [7, 11) is 0. The largest absolute Gasteiger partial charge is 0.300 e. The molecule has 0 aliphatic carbocycles. The van der Waals surface area contributed by atoms with Gasteiger partial charge in [-0.15, -0.1) is 0 Å². The normalized spacial score (nSPS) is 12.3. The van der Waals surface area contributed by atoms with E-state index in [1.807, 2.05) is 25.1 Å². The molecule has 0 N–H and O–H groups in total. The van der Waals surface area contributed by atoms with Crippen LogP contribution in [-0.2, 0) is 9.59 Å².